The van der Waals surface area contributed by atoms with Crippen molar-refractivity contribution in [3.05, 3.63) is 57.5 Å². The van der Waals surface area contributed by atoms with Crippen LogP contribution in [0.2, 0.25) is 0 Å². The molecule has 1 aromatic heterocycles. The van der Waals surface area contributed by atoms with E-state index in [-0.39, 0.29) is 23.2 Å². The highest BCUT2D eigenvalue weighted by molar-refractivity contribution is 5.72. The van der Waals surface area contributed by atoms with E-state index in [4.69, 9.17) is 14.2 Å². The van der Waals surface area contributed by atoms with Crippen LogP contribution in [0.3, 0.4) is 0 Å². The molecule has 1 aliphatic heterocycles. The lowest BCUT2D eigenvalue weighted by Crippen LogP contribution is -2.42. The van der Waals surface area contributed by atoms with Gasteiger partial charge in [-0.3, -0.25) is 14.5 Å². The zero-order chi connectivity index (χ0) is 24.7. The molecule has 1 aromatic carbocycles. The molecule has 1 atom stereocenters. The van der Waals surface area contributed by atoms with Gasteiger partial charge in [-0.05, 0) is 70.5 Å². The van der Waals surface area contributed by atoms with Gasteiger partial charge in [0.2, 0.25) is 0 Å². The number of aromatic hydroxyl groups is 1. The molecule has 8 heteroatoms. The molecule has 0 spiro atoms. The summed E-state index contributed by atoms with van der Waals surface area (Å²) in [6, 6.07) is 8.81. The Balaban J connectivity index is 2.01. The number of carbonyl (C=O) groups is 1. The van der Waals surface area contributed by atoms with Gasteiger partial charge >= 0.3 is 5.97 Å². The van der Waals surface area contributed by atoms with Crippen molar-refractivity contribution in [1.29, 1.82) is 0 Å². The van der Waals surface area contributed by atoms with Gasteiger partial charge in [0.1, 0.15) is 11.5 Å². The van der Waals surface area contributed by atoms with Crippen LogP contribution in [0.4, 0.5) is 0 Å². The number of esters is 1. The number of rotatable bonds is 10. The van der Waals surface area contributed by atoms with Gasteiger partial charge in [-0.1, -0.05) is 12.1 Å². The molecule has 1 N–H and O–H groups in total. The summed E-state index contributed by atoms with van der Waals surface area (Å²) in [5, 5.41) is 11.0. The Kier molecular flexibility index (Phi) is 9.12. The van der Waals surface area contributed by atoms with E-state index >= 15 is 0 Å². The Morgan fingerprint density at radius 3 is 2.41 bits per heavy atom. The molecule has 0 amide bonds. The molecule has 34 heavy (non-hydrogen) atoms. The topological polar surface area (TPSA) is 90.2 Å². The number of aryl methyl sites for hydroxylation is 1. The normalized spacial score (nSPS) is 15.8. The predicted molar refractivity (Wildman–Crippen MR) is 129 cm³/mol. The maximum atomic E-state index is 13.6. The molecule has 0 aliphatic carbocycles. The monoisotopic (exact) mass is 472 g/mol. The number of aromatic nitrogens is 1. The van der Waals surface area contributed by atoms with E-state index in [0.717, 1.165) is 11.3 Å². The molecule has 0 radical (unpaired) electrons. The van der Waals surface area contributed by atoms with E-state index < -0.39 is 6.04 Å². The molecule has 2 aromatic rings. The molecular weight excluding hydrogens is 436 g/mol. The first kappa shape index (κ1) is 25.8. The van der Waals surface area contributed by atoms with Gasteiger partial charge in [-0.15, -0.1) is 0 Å². The number of methoxy groups -OCH3 is 1. The second kappa shape index (κ2) is 12.0. The van der Waals surface area contributed by atoms with E-state index in [1.807, 2.05) is 38.1 Å². The first-order valence-electron chi connectivity index (χ1n) is 12.0. The molecule has 0 saturated carbocycles. The lowest BCUT2D eigenvalue weighted by atomic mass is 9.91. The minimum atomic E-state index is -0.458. The molecule has 0 bridgehead atoms. The molecular formula is C26H36N2O6. The molecule has 1 aliphatic rings. The number of benzene rings is 1. The van der Waals surface area contributed by atoms with Gasteiger partial charge in [-0.25, -0.2) is 0 Å². The number of ether oxygens (including phenoxy) is 3. The van der Waals surface area contributed by atoms with Crippen molar-refractivity contribution in [2.45, 2.75) is 46.2 Å². The third-order valence-corrected chi connectivity index (χ3v) is 6.34. The lowest BCUT2D eigenvalue weighted by molar-refractivity contribution is -0.149. The fourth-order valence-electron chi connectivity index (χ4n) is 4.61. The summed E-state index contributed by atoms with van der Waals surface area (Å²) in [6.45, 7) is 8.47. The predicted octanol–water partition coefficient (Wildman–Crippen LogP) is 3.27. The molecule has 1 fully saturated rings. The molecule has 0 unspecified atom stereocenters. The number of likely N-dealkylation sites (tertiary alicyclic amines) is 1. The van der Waals surface area contributed by atoms with Crippen molar-refractivity contribution in [3.8, 4) is 11.5 Å². The zero-order valence-corrected chi connectivity index (χ0v) is 20.6. The Morgan fingerprint density at radius 1 is 1.15 bits per heavy atom. The van der Waals surface area contributed by atoms with Crippen molar-refractivity contribution < 1.29 is 24.1 Å². The Labute approximate surface area is 201 Å². The van der Waals surface area contributed by atoms with Crippen molar-refractivity contribution in [2.75, 3.05) is 40.0 Å². The molecule has 186 valence electrons. The highest BCUT2D eigenvalue weighted by Crippen LogP contribution is 2.36. The van der Waals surface area contributed by atoms with Gasteiger partial charge in [0, 0.05) is 19.3 Å². The number of pyridine rings is 1. The maximum absolute atomic E-state index is 13.6. The Hall–Kier alpha value is -2.84. The van der Waals surface area contributed by atoms with E-state index in [1.165, 1.54) is 0 Å². The summed E-state index contributed by atoms with van der Waals surface area (Å²) in [4.78, 5) is 28.0. The highest BCUT2D eigenvalue weighted by atomic mass is 16.5. The standard InChI is InChI=1S/C26H36N2O6/c1-5-33-21-9-7-19(8-10-21)24(27-13-11-20(12-14-27)26(31)34-6-2)23-22(29)17-18(3)28(25(23)30)15-16-32-4/h7-10,17,20,24,29H,5-6,11-16H2,1-4H3/t24-/m0/s1. The summed E-state index contributed by atoms with van der Waals surface area (Å²) in [7, 11) is 1.60. The minimum Gasteiger partial charge on any atom is -0.507 e. The van der Waals surface area contributed by atoms with Crippen LogP contribution in [-0.2, 0) is 20.8 Å². The number of hydrogen-bond donors (Lipinski definition) is 1. The van der Waals surface area contributed by atoms with Crippen LogP contribution in [0.25, 0.3) is 0 Å². The van der Waals surface area contributed by atoms with Crippen LogP contribution in [0, 0.1) is 12.8 Å². The molecule has 8 nitrogen and oxygen atoms in total. The van der Waals surface area contributed by atoms with Crippen LogP contribution in [0.1, 0.15) is 49.6 Å². The van der Waals surface area contributed by atoms with Crippen molar-refractivity contribution in [1.82, 2.24) is 9.47 Å². The number of hydrogen-bond acceptors (Lipinski definition) is 7. The fourth-order valence-corrected chi connectivity index (χ4v) is 4.61. The van der Waals surface area contributed by atoms with Crippen LogP contribution >= 0.6 is 0 Å². The van der Waals surface area contributed by atoms with Gasteiger partial charge in [0.15, 0.2) is 0 Å². The second-order valence-electron chi connectivity index (χ2n) is 8.50. The van der Waals surface area contributed by atoms with Gasteiger partial charge in [0.05, 0.1) is 37.3 Å². The van der Waals surface area contributed by atoms with Crippen LogP contribution < -0.4 is 10.3 Å². The summed E-state index contributed by atoms with van der Waals surface area (Å²) in [6.07, 6.45) is 1.27. The van der Waals surface area contributed by atoms with Crippen molar-refractivity contribution in [2.24, 2.45) is 5.92 Å². The van der Waals surface area contributed by atoms with Gasteiger partial charge in [-0.2, -0.15) is 0 Å². The molecule has 2 heterocycles. The fraction of sp³-hybridized carbons (Fsp3) is 0.538. The Morgan fingerprint density at radius 2 is 1.82 bits per heavy atom. The van der Waals surface area contributed by atoms with Crippen molar-refractivity contribution in [3.63, 3.8) is 0 Å². The minimum absolute atomic E-state index is 0.0254. The van der Waals surface area contributed by atoms with E-state index in [1.54, 1.807) is 24.7 Å². The first-order valence-corrected chi connectivity index (χ1v) is 12.0. The number of carbonyl (C=O) groups excluding carboxylic acids is 1. The largest absolute Gasteiger partial charge is 0.507 e. The summed E-state index contributed by atoms with van der Waals surface area (Å²) in [5.41, 5.74) is 1.66. The SMILES string of the molecule is CCOC(=O)C1CCN([C@@H](c2ccc(OCC)cc2)c2c(O)cc(C)n(CCOC)c2=O)CC1. The van der Waals surface area contributed by atoms with Crippen molar-refractivity contribution >= 4 is 5.97 Å². The van der Waals surface area contributed by atoms with Crippen LogP contribution in [-0.4, -0.2) is 60.6 Å². The van der Waals surface area contributed by atoms with Crippen LogP contribution in [0.15, 0.2) is 35.1 Å². The summed E-state index contributed by atoms with van der Waals surface area (Å²) in [5.74, 6) is 0.404. The van der Waals surface area contributed by atoms with E-state index in [9.17, 15) is 14.7 Å². The maximum Gasteiger partial charge on any atom is 0.309 e. The average molecular weight is 473 g/mol. The summed E-state index contributed by atoms with van der Waals surface area (Å²) >= 11 is 0. The highest BCUT2D eigenvalue weighted by Gasteiger charge is 2.34. The van der Waals surface area contributed by atoms with E-state index in [2.05, 4.69) is 4.90 Å². The third kappa shape index (κ3) is 5.80. The second-order valence-corrected chi connectivity index (χ2v) is 8.50. The number of nitrogens with zero attached hydrogens (tertiary/aromatic N) is 2. The molecule has 3 rings (SSSR count). The van der Waals surface area contributed by atoms with Gasteiger partial charge in [0.25, 0.3) is 5.56 Å². The first-order chi connectivity index (χ1) is 16.4. The Bertz CT molecular complexity index is 1010. The quantitative estimate of drug-likeness (QED) is 0.531. The lowest BCUT2D eigenvalue weighted by Gasteiger charge is -2.37. The molecule has 1 saturated heterocycles. The smallest absolute Gasteiger partial charge is 0.309 e. The zero-order valence-electron chi connectivity index (χ0n) is 20.6. The van der Waals surface area contributed by atoms with Crippen LogP contribution in [0.5, 0.6) is 11.5 Å². The summed E-state index contributed by atoms with van der Waals surface area (Å²) < 4.78 is 17.6. The number of piperidine rings is 1. The van der Waals surface area contributed by atoms with E-state index in [0.29, 0.717) is 63.6 Å². The average Bonchev–Trinajstić information content (AvgIpc) is 2.83. The van der Waals surface area contributed by atoms with Gasteiger partial charge < -0.3 is 23.9 Å². The third-order valence-electron chi connectivity index (χ3n) is 6.34.